The third-order valence-electron chi connectivity index (χ3n) is 3.03. The number of sulfonamides is 1. The zero-order chi connectivity index (χ0) is 14.0. The van der Waals surface area contributed by atoms with Crippen LogP contribution in [0.25, 0.3) is 0 Å². The summed E-state index contributed by atoms with van der Waals surface area (Å²) < 4.78 is 27.4. The van der Waals surface area contributed by atoms with Crippen LogP contribution in [0.1, 0.15) is 24.8 Å². The van der Waals surface area contributed by atoms with E-state index < -0.39 is 10.0 Å². The Kier molecular flexibility index (Phi) is 4.75. The molecule has 19 heavy (non-hydrogen) atoms. The Morgan fingerprint density at radius 2 is 2.16 bits per heavy atom. The summed E-state index contributed by atoms with van der Waals surface area (Å²) in [4.78, 5) is 0. The van der Waals surface area contributed by atoms with E-state index in [0.717, 1.165) is 24.2 Å². The molecule has 0 aromatic carbocycles. The molecule has 1 aromatic heterocycles. The average Bonchev–Trinajstić information content (AvgIpc) is 2.53. The molecule has 0 atom stereocenters. The monoisotopic (exact) mass is 338 g/mol. The summed E-state index contributed by atoms with van der Waals surface area (Å²) in [6.07, 6.45) is 1.94. The van der Waals surface area contributed by atoms with E-state index in [0.29, 0.717) is 26.6 Å². The predicted molar refractivity (Wildman–Crippen MR) is 76.8 cm³/mol. The lowest BCUT2D eigenvalue weighted by Gasteiger charge is -2.34. The molecular weight excluding hydrogens is 327 g/mol. The van der Waals surface area contributed by atoms with Crippen molar-refractivity contribution < 1.29 is 8.42 Å². The van der Waals surface area contributed by atoms with E-state index in [-0.39, 0.29) is 11.8 Å². The average molecular weight is 339 g/mol. The van der Waals surface area contributed by atoms with Gasteiger partial charge in [-0.3, -0.25) is 0 Å². The number of thiophene rings is 1. The molecule has 104 valence electrons. The summed E-state index contributed by atoms with van der Waals surface area (Å²) >= 11 is 12.8. The maximum atomic E-state index is 12.0. The van der Waals surface area contributed by atoms with Gasteiger partial charge in [0.15, 0.2) is 0 Å². The summed E-state index contributed by atoms with van der Waals surface area (Å²) in [5.74, 6) is 0.158. The maximum absolute atomic E-state index is 12.0. The molecule has 0 unspecified atom stereocenters. The second-order valence-corrected chi connectivity index (χ2v) is 8.66. The Balaban J connectivity index is 1.90. The van der Waals surface area contributed by atoms with Gasteiger partial charge in [0.05, 0.1) is 20.5 Å². The highest BCUT2D eigenvalue weighted by Crippen LogP contribution is 2.33. The highest BCUT2D eigenvalue weighted by atomic mass is 35.5. The highest BCUT2D eigenvalue weighted by molar-refractivity contribution is 7.88. The first-order valence-electron chi connectivity index (χ1n) is 5.70. The summed E-state index contributed by atoms with van der Waals surface area (Å²) in [5.41, 5.74) is 0.525. The second-order valence-electron chi connectivity index (χ2n) is 4.62. The normalized spacial score (nSPS) is 22.8. The van der Waals surface area contributed by atoms with Crippen LogP contribution in [0, 0.1) is 17.2 Å². The van der Waals surface area contributed by atoms with Crippen molar-refractivity contribution in [3.05, 3.63) is 20.3 Å². The largest absolute Gasteiger partial charge is 0.216 e. The van der Waals surface area contributed by atoms with Gasteiger partial charge < -0.3 is 0 Å². The number of nitrogens with zero attached hydrogens (tertiary/aromatic N) is 1. The van der Waals surface area contributed by atoms with Gasteiger partial charge in [-0.1, -0.05) is 23.2 Å². The van der Waals surface area contributed by atoms with Crippen molar-refractivity contribution in [3.63, 3.8) is 0 Å². The van der Waals surface area contributed by atoms with E-state index in [4.69, 9.17) is 28.5 Å². The number of hydrogen-bond acceptors (Lipinski definition) is 4. The van der Waals surface area contributed by atoms with Gasteiger partial charge in [0.1, 0.15) is 0 Å². The Hall–Kier alpha value is -0.320. The van der Waals surface area contributed by atoms with Crippen molar-refractivity contribution in [2.75, 3.05) is 0 Å². The van der Waals surface area contributed by atoms with Crippen molar-refractivity contribution in [2.45, 2.75) is 31.1 Å². The number of nitrogens with one attached hydrogen (secondary N) is 1. The van der Waals surface area contributed by atoms with Crippen LogP contribution in [0.2, 0.25) is 8.67 Å². The summed E-state index contributed by atoms with van der Waals surface area (Å²) in [6.45, 7) is 0. The Morgan fingerprint density at radius 1 is 1.47 bits per heavy atom. The minimum absolute atomic E-state index is 0.0590. The van der Waals surface area contributed by atoms with Crippen LogP contribution in [0.5, 0.6) is 0 Å². The smallest absolute Gasteiger partial charge is 0.212 e. The van der Waals surface area contributed by atoms with Gasteiger partial charge in [-0.2, -0.15) is 5.26 Å². The maximum Gasteiger partial charge on any atom is 0.216 e. The number of rotatable bonds is 5. The summed E-state index contributed by atoms with van der Waals surface area (Å²) in [5, 5.41) is 8.53. The first-order valence-corrected chi connectivity index (χ1v) is 8.93. The van der Waals surface area contributed by atoms with Crippen molar-refractivity contribution in [1.82, 2.24) is 4.72 Å². The Bertz CT molecular complexity index is 601. The zero-order valence-corrected chi connectivity index (χ0v) is 13.0. The molecule has 0 radical (unpaired) electrons. The minimum atomic E-state index is -3.41. The third-order valence-corrected chi connectivity index (χ3v) is 5.99. The van der Waals surface area contributed by atoms with Gasteiger partial charge in [0.2, 0.25) is 10.0 Å². The molecule has 1 saturated carbocycles. The molecule has 0 bridgehead atoms. The van der Waals surface area contributed by atoms with Gasteiger partial charge in [-0.15, -0.1) is 11.3 Å². The lowest BCUT2D eigenvalue weighted by Crippen LogP contribution is -2.44. The molecular formula is C11H12Cl2N2O2S2. The van der Waals surface area contributed by atoms with E-state index in [1.54, 1.807) is 6.07 Å². The van der Waals surface area contributed by atoms with Crippen LogP contribution >= 0.6 is 34.5 Å². The molecule has 2 rings (SSSR count). The number of halogens is 2. The summed E-state index contributed by atoms with van der Waals surface area (Å²) in [7, 11) is -3.41. The SMILES string of the molecule is N#CCC1CC(NS(=O)(=O)Cc2cc(Cl)sc2Cl)C1. The first-order chi connectivity index (χ1) is 8.89. The molecule has 1 heterocycles. The van der Waals surface area contributed by atoms with Gasteiger partial charge in [0.25, 0.3) is 0 Å². The third kappa shape index (κ3) is 4.07. The molecule has 1 N–H and O–H groups in total. The van der Waals surface area contributed by atoms with E-state index in [1.165, 1.54) is 0 Å². The zero-order valence-electron chi connectivity index (χ0n) is 9.90. The fraction of sp³-hybridized carbons (Fsp3) is 0.545. The molecule has 1 aromatic rings. The molecule has 1 aliphatic carbocycles. The van der Waals surface area contributed by atoms with Gasteiger partial charge in [-0.05, 0) is 30.4 Å². The van der Waals surface area contributed by atoms with E-state index in [9.17, 15) is 8.42 Å². The van der Waals surface area contributed by atoms with Crippen molar-refractivity contribution in [1.29, 1.82) is 5.26 Å². The van der Waals surface area contributed by atoms with Crippen molar-refractivity contribution in [3.8, 4) is 6.07 Å². The summed E-state index contributed by atoms with van der Waals surface area (Å²) in [6, 6.07) is 3.61. The van der Waals surface area contributed by atoms with Crippen LogP contribution in [0.4, 0.5) is 0 Å². The quantitative estimate of drug-likeness (QED) is 0.896. The van der Waals surface area contributed by atoms with Crippen LogP contribution in [0.3, 0.4) is 0 Å². The van der Waals surface area contributed by atoms with Gasteiger partial charge in [-0.25, -0.2) is 13.1 Å². The Labute approximate surface area is 126 Å². The number of nitriles is 1. The highest BCUT2D eigenvalue weighted by Gasteiger charge is 2.32. The van der Waals surface area contributed by atoms with E-state index >= 15 is 0 Å². The lowest BCUT2D eigenvalue weighted by molar-refractivity contribution is 0.252. The fourth-order valence-electron chi connectivity index (χ4n) is 2.10. The standard InChI is InChI=1S/C11H12Cl2N2O2S2/c12-10-5-8(11(13)18-10)6-19(16,17)15-9-3-7(4-9)1-2-14/h5,7,9,15H,1,3-4,6H2. The van der Waals surface area contributed by atoms with E-state index in [2.05, 4.69) is 10.8 Å². The predicted octanol–water partition coefficient (Wildman–Crippen LogP) is 3.17. The molecule has 4 nitrogen and oxygen atoms in total. The fourth-order valence-corrected chi connectivity index (χ4v) is 5.18. The topological polar surface area (TPSA) is 70.0 Å². The number of hydrogen-bond donors (Lipinski definition) is 1. The Morgan fingerprint density at radius 3 is 2.68 bits per heavy atom. The minimum Gasteiger partial charge on any atom is -0.212 e. The molecule has 0 spiro atoms. The van der Waals surface area contributed by atoms with Crippen molar-refractivity contribution in [2.24, 2.45) is 5.92 Å². The molecule has 1 aliphatic rings. The molecule has 1 fully saturated rings. The molecule has 0 amide bonds. The molecule has 0 saturated heterocycles. The first kappa shape index (κ1) is 15.1. The second kappa shape index (κ2) is 5.98. The van der Waals surface area contributed by atoms with Gasteiger partial charge in [0, 0.05) is 12.5 Å². The van der Waals surface area contributed by atoms with Crippen LogP contribution in [-0.4, -0.2) is 14.5 Å². The van der Waals surface area contributed by atoms with Crippen LogP contribution in [0.15, 0.2) is 6.07 Å². The van der Waals surface area contributed by atoms with Gasteiger partial charge >= 0.3 is 0 Å². The van der Waals surface area contributed by atoms with Crippen LogP contribution < -0.4 is 4.72 Å². The molecule has 0 aliphatic heterocycles. The van der Waals surface area contributed by atoms with Crippen molar-refractivity contribution >= 4 is 44.6 Å². The lowest BCUT2D eigenvalue weighted by atomic mass is 9.79. The van der Waals surface area contributed by atoms with E-state index in [1.807, 2.05) is 0 Å². The molecule has 8 heteroatoms. The van der Waals surface area contributed by atoms with Crippen LogP contribution in [-0.2, 0) is 15.8 Å².